The lowest BCUT2D eigenvalue weighted by Gasteiger charge is -2.10. The smallest absolute Gasteiger partial charge is 0.133 e. The van der Waals surface area contributed by atoms with E-state index in [-0.39, 0.29) is 6.10 Å². The second-order valence-corrected chi connectivity index (χ2v) is 4.66. The third-order valence-electron chi connectivity index (χ3n) is 3.06. The molecule has 0 saturated carbocycles. The lowest BCUT2D eigenvalue weighted by atomic mass is 10.1. The molecule has 0 aliphatic rings. The Morgan fingerprint density at radius 1 is 1.37 bits per heavy atom. The lowest BCUT2D eigenvalue weighted by molar-refractivity contribution is 0.183. The fourth-order valence-electron chi connectivity index (χ4n) is 2.03. The summed E-state index contributed by atoms with van der Waals surface area (Å²) in [6.07, 6.45) is 3.27. The highest BCUT2D eigenvalue weighted by atomic mass is 16.5. The van der Waals surface area contributed by atoms with E-state index >= 15 is 0 Å². The molecule has 4 heteroatoms. The summed E-state index contributed by atoms with van der Waals surface area (Å²) in [7, 11) is 1.66. The summed E-state index contributed by atoms with van der Waals surface area (Å²) in [6, 6.07) is 7.92. The number of fused-ring (bicyclic) bond motifs is 1. The maximum Gasteiger partial charge on any atom is 0.133 e. The number of pyridine rings is 1. The largest absolute Gasteiger partial charge is 0.497 e. The summed E-state index contributed by atoms with van der Waals surface area (Å²) < 4.78 is 5.22. The van der Waals surface area contributed by atoms with Crippen molar-refractivity contribution in [2.45, 2.75) is 25.9 Å². The fraction of sp³-hybridized carbons (Fsp3) is 0.400. The molecule has 0 aliphatic carbocycles. The maximum absolute atomic E-state index is 9.22. The minimum Gasteiger partial charge on any atom is -0.497 e. The van der Waals surface area contributed by atoms with E-state index in [4.69, 9.17) is 4.74 Å². The van der Waals surface area contributed by atoms with Crippen molar-refractivity contribution in [3.63, 3.8) is 0 Å². The van der Waals surface area contributed by atoms with Gasteiger partial charge in [0, 0.05) is 18.1 Å². The molecule has 4 nitrogen and oxygen atoms in total. The molecule has 0 bridgehead atoms. The first kappa shape index (κ1) is 13.6. The van der Waals surface area contributed by atoms with E-state index in [9.17, 15) is 5.11 Å². The van der Waals surface area contributed by atoms with Crippen LogP contribution in [0.4, 0.5) is 5.82 Å². The number of aliphatic hydroxyl groups excluding tert-OH is 1. The molecule has 1 aromatic heterocycles. The van der Waals surface area contributed by atoms with Gasteiger partial charge in [0.15, 0.2) is 0 Å². The van der Waals surface area contributed by atoms with Crippen LogP contribution < -0.4 is 10.1 Å². The SMILES string of the molecule is COc1ccc2c(NCCCC(C)O)nccc2c1. The van der Waals surface area contributed by atoms with Crippen LogP contribution in [0, 0.1) is 0 Å². The number of nitrogens with zero attached hydrogens (tertiary/aromatic N) is 1. The molecule has 0 radical (unpaired) electrons. The number of aliphatic hydroxyl groups is 1. The summed E-state index contributed by atoms with van der Waals surface area (Å²) in [5.74, 6) is 1.73. The van der Waals surface area contributed by atoms with E-state index < -0.39 is 0 Å². The molecular weight excluding hydrogens is 240 g/mol. The Kier molecular flexibility index (Phi) is 4.58. The lowest BCUT2D eigenvalue weighted by Crippen LogP contribution is -2.07. The highest BCUT2D eigenvalue weighted by Crippen LogP contribution is 2.25. The van der Waals surface area contributed by atoms with Crippen LogP contribution in [0.1, 0.15) is 19.8 Å². The van der Waals surface area contributed by atoms with Gasteiger partial charge < -0.3 is 15.2 Å². The molecule has 0 spiro atoms. The summed E-state index contributed by atoms with van der Waals surface area (Å²) in [4.78, 5) is 4.36. The van der Waals surface area contributed by atoms with Crippen molar-refractivity contribution in [3.05, 3.63) is 30.5 Å². The predicted molar refractivity (Wildman–Crippen MR) is 77.7 cm³/mol. The molecule has 1 aromatic carbocycles. The van der Waals surface area contributed by atoms with Crippen molar-refractivity contribution >= 4 is 16.6 Å². The summed E-state index contributed by atoms with van der Waals surface area (Å²) in [5.41, 5.74) is 0. The molecule has 2 rings (SSSR count). The van der Waals surface area contributed by atoms with Gasteiger partial charge in [-0.1, -0.05) is 0 Å². The average molecular weight is 260 g/mol. The van der Waals surface area contributed by atoms with E-state index in [1.807, 2.05) is 31.2 Å². The van der Waals surface area contributed by atoms with Gasteiger partial charge in [-0.05, 0) is 49.4 Å². The van der Waals surface area contributed by atoms with E-state index in [0.29, 0.717) is 0 Å². The number of hydrogen-bond donors (Lipinski definition) is 2. The molecule has 2 N–H and O–H groups in total. The Labute approximate surface area is 113 Å². The topological polar surface area (TPSA) is 54.4 Å². The third-order valence-corrected chi connectivity index (χ3v) is 3.06. The molecule has 0 fully saturated rings. The monoisotopic (exact) mass is 260 g/mol. The van der Waals surface area contributed by atoms with E-state index in [1.54, 1.807) is 13.3 Å². The van der Waals surface area contributed by atoms with Crippen LogP contribution >= 0.6 is 0 Å². The van der Waals surface area contributed by atoms with Gasteiger partial charge in [0.2, 0.25) is 0 Å². The zero-order valence-corrected chi connectivity index (χ0v) is 11.4. The van der Waals surface area contributed by atoms with Crippen LogP contribution in [0.5, 0.6) is 5.75 Å². The summed E-state index contributed by atoms with van der Waals surface area (Å²) >= 11 is 0. The molecule has 102 valence electrons. The Bertz CT molecular complexity index is 541. The van der Waals surface area contributed by atoms with Crippen molar-refractivity contribution in [1.82, 2.24) is 4.98 Å². The zero-order chi connectivity index (χ0) is 13.7. The second-order valence-electron chi connectivity index (χ2n) is 4.66. The molecule has 1 unspecified atom stereocenters. The van der Waals surface area contributed by atoms with E-state index in [1.165, 1.54) is 0 Å². The van der Waals surface area contributed by atoms with Crippen molar-refractivity contribution in [3.8, 4) is 5.75 Å². The zero-order valence-electron chi connectivity index (χ0n) is 11.4. The van der Waals surface area contributed by atoms with Crippen LogP contribution in [0.2, 0.25) is 0 Å². The van der Waals surface area contributed by atoms with Gasteiger partial charge in [-0.25, -0.2) is 4.98 Å². The Morgan fingerprint density at radius 3 is 2.95 bits per heavy atom. The fourth-order valence-corrected chi connectivity index (χ4v) is 2.03. The standard InChI is InChI=1S/C15H20N2O2/c1-11(18)4-3-8-16-15-14-6-5-13(19-2)10-12(14)7-9-17-15/h5-7,9-11,18H,3-4,8H2,1-2H3,(H,16,17). The predicted octanol–water partition coefficient (Wildman–Crippen LogP) is 2.82. The summed E-state index contributed by atoms with van der Waals surface area (Å²) in [6.45, 7) is 2.62. The second kappa shape index (κ2) is 6.38. The van der Waals surface area contributed by atoms with Crippen molar-refractivity contribution in [2.24, 2.45) is 0 Å². The van der Waals surface area contributed by atoms with Gasteiger partial charge in [0.25, 0.3) is 0 Å². The minimum absolute atomic E-state index is 0.244. The van der Waals surface area contributed by atoms with Crippen LogP contribution in [-0.2, 0) is 0 Å². The van der Waals surface area contributed by atoms with Crippen molar-refractivity contribution < 1.29 is 9.84 Å². The summed E-state index contributed by atoms with van der Waals surface area (Å²) in [5, 5.41) is 14.7. The average Bonchev–Trinajstić information content (AvgIpc) is 2.42. The van der Waals surface area contributed by atoms with Gasteiger partial charge in [0.05, 0.1) is 13.2 Å². The highest BCUT2D eigenvalue weighted by Gasteiger charge is 2.03. The first-order valence-electron chi connectivity index (χ1n) is 6.55. The van der Waals surface area contributed by atoms with Crippen LogP contribution in [-0.4, -0.2) is 29.8 Å². The molecule has 0 aliphatic heterocycles. The van der Waals surface area contributed by atoms with E-state index in [0.717, 1.165) is 41.7 Å². The molecule has 2 aromatic rings. The molecule has 0 saturated heterocycles. The number of benzene rings is 1. The van der Waals surface area contributed by atoms with Gasteiger partial charge in [0.1, 0.15) is 11.6 Å². The van der Waals surface area contributed by atoms with Gasteiger partial charge in [-0.2, -0.15) is 0 Å². The maximum atomic E-state index is 9.22. The van der Waals surface area contributed by atoms with Crippen LogP contribution in [0.3, 0.4) is 0 Å². The van der Waals surface area contributed by atoms with Gasteiger partial charge >= 0.3 is 0 Å². The van der Waals surface area contributed by atoms with Gasteiger partial charge in [-0.15, -0.1) is 0 Å². The number of aromatic nitrogens is 1. The highest BCUT2D eigenvalue weighted by molar-refractivity contribution is 5.92. The normalized spacial score (nSPS) is 12.4. The number of anilines is 1. The molecule has 19 heavy (non-hydrogen) atoms. The minimum atomic E-state index is -0.244. The first-order chi connectivity index (χ1) is 9.20. The quantitative estimate of drug-likeness (QED) is 0.784. The van der Waals surface area contributed by atoms with Crippen molar-refractivity contribution in [2.75, 3.05) is 19.0 Å². The van der Waals surface area contributed by atoms with Gasteiger partial charge in [-0.3, -0.25) is 0 Å². The number of ether oxygens (including phenoxy) is 1. The third kappa shape index (κ3) is 3.58. The number of hydrogen-bond acceptors (Lipinski definition) is 4. The van der Waals surface area contributed by atoms with Crippen molar-refractivity contribution in [1.29, 1.82) is 0 Å². The molecular formula is C15H20N2O2. The van der Waals surface area contributed by atoms with E-state index in [2.05, 4.69) is 10.3 Å². The Hall–Kier alpha value is -1.81. The molecule has 0 amide bonds. The number of rotatable bonds is 6. The molecule has 1 heterocycles. The number of nitrogens with one attached hydrogen (secondary N) is 1. The Morgan fingerprint density at radius 2 is 2.21 bits per heavy atom. The number of methoxy groups -OCH3 is 1. The van der Waals surface area contributed by atoms with Crippen LogP contribution in [0.15, 0.2) is 30.5 Å². The molecule has 1 atom stereocenters. The van der Waals surface area contributed by atoms with Crippen LogP contribution in [0.25, 0.3) is 10.8 Å². The Balaban J connectivity index is 2.10. The first-order valence-corrected chi connectivity index (χ1v) is 6.55.